The van der Waals surface area contributed by atoms with Crippen molar-refractivity contribution >= 4 is 17.4 Å². The summed E-state index contributed by atoms with van der Waals surface area (Å²) < 4.78 is 5.28. The quantitative estimate of drug-likeness (QED) is 0.874. The second kappa shape index (κ2) is 5.43. The van der Waals surface area contributed by atoms with Crippen molar-refractivity contribution in [2.24, 2.45) is 0 Å². The Morgan fingerprint density at radius 2 is 2.50 bits per heavy atom. The SMILES string of the molecule is COc1cnc(C)cc1NCC1CCCS1. The molecule has 1 aromatic heterocycles. The van der Waals surface area contributed by atoms with E-state index in [2.05, 4.69) is 22.1 Å². The highest BCUT2D eigenvalue weighted by atomic mass is 32.2. The number of aryl methyl sites for hydroxylation is 1. The molecule has 88 valence electrons. The summed E-state index contributed by atoms with van der Waals surface area (Å²) in [7, 11) is 1.68. The average molecular weight is 238 g/mol. The van der Waals surface area contributed by atoms with Gasteiger partial charge in [-0.2, -0.15) is 11.8 Å². The van der Waals surface area contributed by atoms with Gasteiger partial charge in [0.1, 0.15) is 0 Å². The van der Waals surface area contributed by atoms with Gasteiger partial charge in [0.15, 0.2) is 5.75 Å². The van der Waals surface area contributed by atoms with Crippen molar-refractivity contribution in [2.45, 2.75) is 25.0 Å². The summed E-state index contributed by atoms with van der Waals surface area (Å²) in [5.74, 6) is 2.13. The Labute approximate surface area is 101 Å². The van der Waals surface area contributed by atoms with Crippen molar-refractivity contribution < 1.29 is 4.74 Å². The van der Waals surface area contributed by atoms with E-state index in [0.29, 0.717) is 0 Å². The van der Waals surface area contributed by atoms with Gasteiger partial charge in [0.2, 0.25) is 0 Å². The van der Waals surface area contributed by atoms with E-state index in [1.165, 1.54) is 18.6 Å². The lowest BCUT2D eigenvalue weighted by molar-refractivity contribution is 0.414. The second-order valence-electron chi connectivity index (χ2n) is 4.04. The van der Waals surface area contributed by atoms with Crippen molar-refractivity contribution in [3.05, 3.63) is 18.0 Å². The zero-order chi connectivity index (χ0) is 11.4. The molecule has 1 saturated heterocycles. The molecule has 0 radical (unpaired) electrons. The van der Waals surface area contributed by atoms with Crippen LogP contribution in [0.4, 0.5) is 5.69 Å². The molecule has 2 heterocycles. The summed E-state index contributed by atoms with van der Waals surface area (Å²) in [5, 5.41) is 4.21. The standard InChI is InChI=1S/C12H18N2OS/c1-9-6-11(12(15-2)8-13-9)14-7-10-4-3-5-16-10/h6,8,10H,3-5,7H2,1-2H3,(H,13,14). The Morgan fingerprint density at radius 3 is 3.19 bits per heavy atom. The summed E-state index contributed by atoms with van der Waals surface area (Å²) >= 11 is 2.06. The lowest BCUT2D eigenvalue weighted by Crippen LogP contribution is -2.14. The fourth-order valence-electron chi connectivity index (χ4n) is 1.88. The van der Waals surface area contributed by atoms with Gasteiger partial charge in [-0.05, 0) is 31.6 Å². The molecule has 1 aliphatic rings. The number of ether oxygens (including phenoxy) is 1. The number of methoxy groups -OCH3 is 1. The molecule has 0 bridgehead atoms. The van der Waals surface area contributed by atoms with E-state index in [-0.39, 0.29) is 0 Å². The van der Waals surface area contributed by atoms with E-state index in [0.717, 1.165) is 28.9 Å². The molecule has 0 saturated carbocycles. The molecule has 16 heavy (non-hydrogen) atoms. The number of hydrogen-bond acceptors (Lipinski definition) is 4. The number of pyridine rings is 1. The van der Waals surface area contributed by atoms with Crippen LogP contribution in [-0.4, -0.2) is 29.6 Å². The first-order chi connectivity index (χ1) is 7.79. The molecule has 1 unspecified atom stereocenters. The van der Waals surface area contributed by atoms with Crippen molar-refractivity contribution in [3.63, 3.8) is 0 Å². The topological polar surface area (TPSA) is 34.1 Å². The molecular weight excluding hydrogens is 220 g/mol. The molecule has 0 aliphatic carbocycles. The van der Waals surface area contributed by atoms with Crippen LogP contribution in [0.1, 0.15) is 18.5 Å². The smallest absolute Gasteiger partial charge is 0.160 e. The summed E-state index contributed by atoms with van der Waals surface area (Å²) in [5.41, 5.74) is 2.07. The third-order valence-corrected chi connectivity index (χ3v) is 4.17. The van der Waals surface area contributed by atoms with Crippen LogP contribution < -0.4 is 10.1 Å². The first-order valence-corrected chi connectivity index (χ1v) is 6.70. The second-order valence-corrected chi connectivity index (χ2v) is 5.45. The number of nitrogens with one attached hydrogen (secondary N) is 1. The summed E-state index contributed by atoms with van der Waals surface area (Å²) in [6.45, 7) is 3.01. The van der Waals surface area contributed by atoms with E-state index >= 15 is 0 Å². The van der Waals surface area contributed by atoms with Crippen LogP contribution in [0.15, 0.2) is 12.3 Å². The first-order valence-electron chi connectivity index (χ1n) is 5.65. The minimum absolute atomic E-state index is 0.748. The largest absolute Gasteiger partial charge is 0.493 e. The minimum Gasteiger partial charge on any atom is -0.493 e. The van der Waals surface area contributed by atoms with Gasteiger partial charge in [-0.1, -0.05) is 0 Å². The van der Waals surface area contributed by atoms with Crippen molar-refractivity contribution in [1.82, 2.24) is 4.98 Å². The molecule has 2 rings (SSSR count). The predicted octanol–water partition coefficient (Wildman–Crippen LogP) is 2.71. The molecule has 1 N–H and O–H groups in total. The first kappa shape index (κ1) is 11.6. The van der Waals surface area contributed by atoms with E-state index in [9.17, 15) is 0 Å². The highest BCUT2D eigenvalue weighted by Gasteiger charge is 2.15. The number of aromatic nitrogens is 1. The molecular formula is C12H18N2OS. The summed E-state index contributed by atoms with van der Waals surface area (Å²) in [6, 6.07) is 2.04. The molecule has 0 amide bonds. The number of anilines is 1. The third-order valence-electron chi connectivity index (χ3n) is 2.77. The molecule has 1 fully saturated rings. The summed E-state index contributed by atoms with van der Waals surface area (Å²) in [6.07, 6.45) is 4.45. The molecule has 1 atom stereocenters. The van der Waals surface area contributed by atoms with Crippen molar-refractivity contribution in [1.29, 1.82) is 0 Å². The number of rotatable bonds is 4. The lowest BCUT2D eigenvalue weighted by atomic mass is 10.2. The van der Waals surface area contributed by atoms with Gasteiger partial charge >= 0.3 is 0 Å². The molecule has 4 heteroatoms. The van der Waals surface area contributed by atoms with Gasteiger partial charge in [0.25, 0.3) is 0 Å². The van der Waals surface area contributed by atoms with Crippen LogP contribution in [0.5, 0.6) is 5.75 Å². The molecule has 3 nitrogen and oxygen atoms in total. The van der Waals surface area contributed by atoms with Gasteiger partial charge in [0, 0.05) is 17.5 Å². The maximum Gasteiger partial charge on any atom is 0.160 e. The van der Waals surface area contributed by atoms with Gasteiger partial charge in [-0.15, -0.1) is 0 Å². The molecule has 0 aromatic carbocycles. The lowest BCUT2D eigenvalue weighted by Gasteiger charge is -2.14. The van der Waals surface area contributed by atoms with Gasteiger partial charge in [-0.3, -0.25) is 4.98 Å². The van der Waals surface area contributed by atoms with Crippen LogP contribution >= 0.6 is 11.8 Å². The maximum atomic E-state index is 5.28. The zero-order valence-corrected chi connectivity index (χ0v) is 10.6. The van der Waals surface area contributed by atoms with Crippen LogP contribution in [-0.2, 0) is 0 Å². The van der Waals surface area contributed by atoms with Crippen LogP contribution in [0.25, 0.3) is 0 Å². The highest BCUT2D eigenvalue weighted by Crippen LogP contribution is 2.28. The number of hydrogen-bond donors (Lipinski definition) is 1. The van der Waals surface area contributed by atoms with Crippen LogP contribution in [0, 0.1) is 6.92 Å². The number of nitrogens with zero attached hydrogens (tertiary/aromatic N) is 1. The summed E-state index contributed by atoms with van der Waals surface area (Å²) in [4.78, 5) is 4.22. The Morgan fingerprint density at radius 1 is 1.62 bits per heavy atom. The van der Waals surface area contributed by atoms with Crippen molar-refractivity contribution in [2.75, 3.05) is 24.7 Å². The van der Waals surface area contributed by atoms with Gasteiger partial charge in [-0.25, -0.2) is 0 Å². The Bertz CT molecular complexity index is 351. The third kappa shape index (κ3) is 2.82. The predicted molar refractivity (Wildman–Crippen MR) is 69.5 cm³/mol. The number of thioether (sulfide) groups is 1. The maximum absolute atomic E-state index is 5.28. The fraction of sp³-hybridized carbons (Fsp3) is 0.583. The van der Waals surface area contributed by atoms with E-state index in [1.54, 1.807) is 13.3 Å². The zero-order valence-electron chi connectivity index (χ0n) is 9.82. The van der Waals surface area contributed by atoms with E-state index < -0.39 is 0 Å². The van der Waals surface area contributed by atoms with Crippen molar-refractivity contribution in [3.8, 4) is 5.75 Å². The Balaban J connectivity index is 1.98. The molecule has 0 spiro atoms. The van der Waals surface area contributed by atoms with Gasteiger partial charge < -0.3 is 10.1 Å². The van der Waals surface area contributed by atoms with Gasteiger partial charge in [0.05, 0.1) is 19.0 Å². The Hall–Kier alpha value is -0.900. The average Bonchev–Trinajstić information content (AvgIpc) is 2.79. The Kier molecular flexibility index (Phi) is 3.93. The molecule has 1 aliphatic heterocycles. The highest BCUT2D eigenvalue weighted by molar-refractivity contribution is 8.00. The minimum atomic E-state index is 0.748. The molecule has 1 aromatic rings. The van der Waals surface area contributed by atoms with E-state index in [4.69, 9.17) is 4.74 Å². The van der Waals surface area contributed by atoms with E-state index in [1.807, 2.05) is 13.0 Å². The van der Waals surface area contributed by atoms with Crippen LogP contribution in [0.3, 0.4) is 0 Å². The monoisotopic (exact) mass is 238 g/mol. The van der Waals surface area contributed by atoms with Crippen LogP contribution in [0.2, 0.25) is 0 Å². The fourth-order valence-corrected chi connectivity index (χ4v) is 3.08. The normalized spacial score (nSPS) is 19.8.